The number of ether oxygens (including phenoxy) is 2. The number of thiazole rings is 1. The average Bonchev–Trinajstić information content (AvgIpc) is 2.90. The van der Waals surface area contributed by atoms with Gasteiger partial charge in [-0.25, -0.2) is 0 Å². The number of para-hydroxylation sites is 1. The number of benzene rings is 1. The van der Waals surface area contributed by atoms with Gasteiger partial charge in [-0.3, -0.25) is 14.2 Å². The van der Waals surface area contributed by atoms with Crippen LogP contribution >= 0.6 is 23.1 Å². The Balaban J connectivity index is 1.77. The molecule has 126 valence electrons. The van der Waals surface area contributed by atoms with Crippen molar-refractivity contribution in [1.82, 2.24) is 4.57 Å². The standard InChI is InChI=1S/C17H17NO4S2/c1-2-21-13(19)7-18-16-15(24-17(18)20)14-10(9-23-16)8-22-12-6-4-3-5-11(12)14/h3-6,10,14H,2,7-9H2,1H3/t10-,14+/m1/s1. The lowest BCUT2D eigenvalue weighted by atomic mass is 9.84. The summed E-state index contributed by atoms with van der Waals surface area (Å²) >= 11 is 2.89. The van der Waals surface area contributed by atoms with E-state index in [1.807, 2.05) is 18.2 Å². The topological polar surface area (TPSA) is 57.5 Å². The van der Waals surface area contributed by atoms with E-state index in [9.17, 15) is 9.59 Å². The summed E-state index contributed by atoms with van der Waals surface area (Å²) in [7, 11) is 0. The number of thioether (sulfide) groups is 1. The molecular weight excluding hydrogens is 346 g/mol. The van der Waals surface area contributed by atoms with Crippen LogP contribution in [0.15, 0.2) is 34.1 Å². The zero-order chi connectivity index (χ0) is 16.7. The number of aromatic nitrogens is 1. The Kier molecular flexibility index (Phi) is 4.14. The minimum Gasteiger partial charge on any atom is -0.493 e. The lowest BCUT2D eigenvalue weighted by molar-refractivity contribution is -0.144. The summed E-state index contributed by atoms with van der Waals surface area (Å²) in [4.78, 5) is 25.2. The van der Waals surface area contributed by atoms with E-state index in [0.29, 0.717) is 19.1 Å². The molecule has 0 radical (unpaired) electrons. The number of carbonyl (C=O) groups excluding carboxylic acids is 1. The van der Waals surface area contributed by atoms with Crippen LogP contribution in [0, 0.1) is 5.92 Å². The van der Waals surface area contributed by atoms with E-state index in [1.165, 1.54) is 11.3 Å². The van der Waals surface area contributed by atoms with Crippen molar-refractivity contribution in [3.05, 3.63) is 44.4 Å². The van der Waals surface area contributed by atoms with E-state index >= 15 is 0 Å². The summed E-state index contributed by atoms with van der Waals surface area (Å²) in [5, 5.41) is 0.913. The van der Waals surface area contributed by atoms with Gasteiger partial charge in [-0.2, -0.15) is 0 Å². The van der Waals surface area contributed by atoms with E-state index in [1.54, 1.807) is 23.3 Å². The summed E-state index contributed by atoms with van der Waals surface area (Å²) in [5.41, 5.74) is 1.14. The maximum absolute atomic E-state index is 12.5. The molecule has 0 bridgehead atoms. The van der Waals surface area contributed by atoms with Crippen molar-refractivity contribution in [1.29, 1.82) is 0 Å². The Labute approximate surface area is 147 Å². The summed E-state index contributed by atoms with van der Waals surface area (Å²) in [6.07, 6.45) is 0. The van der Waals surface area contributed by atoms with Gasteiger partial charge in [-0.1, -0.05) is 29.5 Å². The minimum absolute atomic E-state index is 0.0129. The van der Waals surface area contributed by atoms with Crippen molar-refractivity contribution >= 4 is 29.1 Å². The van der Waals surface area contributed by atoms with Crippen LogP contribution in [0.25, 0.3) is 0 Å². The first-order chi connectivity index (χ1) is 11.7. The third-order valence-corrected chi connectivity index (χ3v) is 6.86. The molecule has 0 N–H and O–H groups in total. The SMILES string of the molecule is CCOC(=O)Cn1c2c(sc1=O)[C@@H]1c3ccccc3OC[C@@H]1CS2. The molecule has 3 heterocycles. The molecule has 2 aromatic rings. The molecule has 24 heavy (non-hydrogen) atoms. The molecule has 0 saturated heterocycles. The quantitative estimate of drug-likeness (QED) is 0.785. The van der Waals surface area contributed by atoms with Gasteiger partial charge >= 0.3 is 10.8 Å². The van der Waals surface area contributed by atoms with Crippen LogP contribution < -0.4 is 9.61 Å². The Morgan fingerprint density at radius 3 is 3.08 bits per heavy atom. The number of rotatable bonds is 3. The second-order valence-electron chi connectivity index (χ2n) is 5.83. The van der Waals surface area contributed by atoms with Gasteiger partial charge in [0.1, 0.15) is 12.3 Å². The van der Waals surface area contributed by atoms with Crippen LogP contribution in [0.5, 0.6) is 5.75 Å². The molecule has 1 aromatic heterocycles. The van der Waals surface area contributed by atoms with Gasteiger partial charge < -0.3 is 9.47 Å². The van der Waals surface area contributed by atoms with Crippen molar-refractivity contribution in [2.75, 3.05) is 19.0 Å². The predicted molar refractivity (Wildman–Crippen MR) is 93.2 cm³/mol. The highest BCUT2D eigenvalue weighted by Gasteiger charge is 2.39. The molecule has 0 unspecified atom stereocenters. The molecule has 0 saturated carbocycles. The van der Waals surface area contributed by atoms with Crippen molar-refractivity contribution in [2.45, 2.75) is 24.4 Å². The normalized spacial score (nSPS) is 21.2. The van der Waals surface area contributed by atoms with E-state index in [2.05, 4.69) is 6.07 Å². The minimum atomic E-state index is -0.365. The van der Waals surface area contributed by atoms with E-state index in [4.69, 9.17) is 9.47 Å². The molecule has 2 aliphatic heterocycles. The lowest BCUT2D eigenvalue weighted by Crippen LogP contribution is -2.31. The molecule has 1 aromatic carbocycles. The monoisotopic (exact) mass is 363 g/mol. The Morgan fingerprint density at radius 1 is 1.42 bits per heavy atom. The van der Waals surface area contributed by atoms with E-state index in [0.717, 1.165) is 27.0 Å². The molecule has 5 nitrogen and oxygen atoms in total. The van der Waals surface area contributed by atoms with Gasteiger partial charge in [0.05, 0.1) is 18.2 Å². The largest absolute Gasteiger partial charge is 0.493 e. The Hall–Kier alpha value is -1.73. The van der Waals surface area contributed by atoms with Crippen molar-refractivity contribution < 1.29 is 14.3 Å². The van der Waals surface area contributed by atoms with E-state index < -0.39 is 0 Å². The number of hydrogen-bond acceptors (Lipinski definition) is 6. The molecule has 0 aliphatic carbocycles. The number of nitrogens with zero attached hydrogens (tertiary/aromatic N) is 1. The fraction of sp³-hybridized carbons (Fsp3) is 0.412. The van der Waals surface area contributed by atoms with Crippen LogP contribution in [0.2, 0.25) is 0 Å². The Bertz CT molecular complexity index is 841. The predicted octanol–water partition coefficient (Wildman–Crippen LogP) is 2.72. The second kappa shape index (κ2) is 6.29. The van der Waals surface area contributed by atoms with Crippen LogP contribution in [0.1, 0.15) is 23.3 Å². The molecule has 0 spiro atoms. The third-order valence-electron chi connectivity index (χ3n) is 4.36. The fourth-order valence-electron chi connectivity index (χ4n) is 3.33. The highest BCUT2D eigenvalue weighted by Crippen LogP contribution is 2.50. The number of hydrogen-bond donors (Lipinski definition) is 0. The molecule has 0 fully saturated rings. The van der Waals surface area contributed by atoms with Crippen LogP contribution in [-0.2, 0) is 16.1 Å². The van der Waals surface area contributed by atoms with Gasteiger partial charge in [0.25, 0.3) is 0 Å². The van der Waals surface area contributed by atoms with Crippen LogP contribution in [0.3, 0.4) is 0 Å². The van der Waals surface area contributed by atoms with Gasteiger partial charge in [0, 0.05) is 28.0 Å². The second-order valence-corrected chi connectivity index (χ2v) is 7.83. The summed E-state index contributed by atoms with van der Waals surface area (Å²) in [5.74, 6) is 1.94. The summed E-state index contributed by atoms with van der Waals surface area (Å²) in [6, 6.07) is 8.02. The van der Waals surface area contributed by atoms with Gasteiger partial charge in [0.15, 0.2) is 0 Å². The molecule has 7 heteroatoms. The number of esters is 1. The summed E-state index contributed by atoms with van der Waals surface area (Å²) < 4.78 is 12.4. The average molecular weight is 363 g/mol. The fourth-order valence-corrected chi connectivity index (χ4v) is 6.02. The van der Waals surface area contributed by atoms with Gasteiger partial charge in [0.2, 0.25) is 0 Å². The van der Waals surface area contributed by atoms with Gasteiger partial charge in [-0.05, 0) is 13.0 Å². The lowest BCUT2D eigenvalue weighted by Gasteiger charge is -2.36. The third kappa shape index (κ3) is 2.56. The van der Waals surface area contributed by atoms with Crippen molar-refractivity contribution in [2.24, 2.45) is 5.92 Å². The molecule has 2 atom stereocenters. The molecular formula is C17H17NO4S2. The van der Waals surface area contributed by atoms with Gasteiger partial charge in [-0.15, -0.1) is 11.8 Å². The van der Waals surface area contributed by atoms with Crippen LogP contribution in [0.4, 0.5) is 0 Å². The molecule has 2 aliphatic rings. The molecule has 0 amide bonds. The van der Waals surface area contributed by atoms with E-state index in [-0.39, 0.29) is 23.3 Å². The first-order valence-corrected chi connectivity index (χ1v) is 9.73. The van der Waals surface area contributed by atoms with Crippen molar-refractivity contribution in [3.8, 4) is 5.75 Å². The zero-order valence-electron chi connectivity index (χ0n) is 13.2. The molecule has 4 rings (SSSR count). The zero-order valence-corrected chi connectivity index (χ0v) is 14.8. The maximum Gasteiger partial charge on any atom is 0.326 e. The smallest absolute Gasteiger partial charge is 0.326 e. The van der Waals surface area contributed by atoms with Crippen LogP contribution in [-0.4, -0.2) is 29.5 Å². The maximum atomic E-state index is 12.5. The first kappa shape index (κ1) is 15.8. The Morgan fingerprint density at radius 2 is 2.25 bits per heavy atom. The highest BCUT2D eigenvalue weighted by molar-refractivity contribution is 7.99. The highest BCUT2D eigenvalue weighted by atomic mass is 32.2. The number of fused-ring (bicyclic) bond motifs is 5. The number of carbonyl (C=O) groups is 1. The van der Waals surface area contributed by atoms with Crippen molar-refractivity contribution in [3.63, 3.8) is 0 Å². The first-order valence-electron chi connectivity index (χ1n) is 7.92. The summed E-state index contributed by atoms with van der Waals surface area (Å²) in [6.45, 7) is 2.74.